The Morgan fingerprint density at radius 1 is 0.920 bits per heavy atom. The lowest BCUT2D eigenvalue weighted by Gasteiger charge is -2.15. The third kappa shape index (κ3) is 9.92. The maximum atomic E-state index is 8.42. The molecule has 0 aliphatic heterocycles. The molecule has 3 N–H and O–H groups in total. The van der Waals surface area contributed by atoms with E-state index in [1.54, 1.807) is 0 Å². The fourth-order valence-electron chi connectivity index (χ4n) is 2.31. The van der Waals surface area contributed by atoms with Gasteiger partial charge in [-0.25, -0.2) is 0 Å². The van der Waals surface area contributed by atoms with Gasteiger partial charge in [-0.1, -0.05) is 60.7 Å². The van der Waals surface area contributed by atoms with Crippen LogP contribution in [0.4, 0.5) is 0 Å². The minimum absolute atomic E-state index is 0.207. The predicted octanol–water partition coefficient (Wildman–Crippen LogP) is 2.70. The first-order chi connectivity index (χ1) is 12.0. The van der Waals surface area contributed by atoms with Crippen molar-refractivity contribution in [1.29, 1.82) is 10.7 Å². The van der Waals surface area contributed by atoms with Crippen LogP contribution < -0.4 is 5.73 Å². The average molecular weight is 337 g/mol. The summed E-state index contributed by atoms with van der Waals surface area (Å²) in [7, 11) is 3.89. The van der Waals surface area contributed by atoms with Crippen LogP contribution in [0.25, 0.3) is 0 Å². The first-order valence-electron chi connectivity index (χ1n) is 8.16. The molecule has 132 valence electrons. The molecule has 5 heteroatoms. The van der Waals surface area contributed by atoms with E-state index in [4.69, 9.17) is 16.4 Å². The summed E-state index contributed by atoms with van der Waals surface area (Å²) in [6.07, 6.45) is 0. The molecule has 0 atom stereocenters. The number of nitriles is 1. The van der Waals surface area contributed by atoms with E-state index in [0.717, 1.165) is 13.1 Å². The third-order valence-electron chi connectivity index (χ3n) is 3.37. The number of hydrogen-bond acceptors (Lipinski definition) is 4. The Labute approximate surface area is 150 Å². The summed E-state index contributed by atoms with van der Waals surface area (Å²) in [6, 6.07) is 22.4. The number of benzene rings is 2. The first-order valence-corrected chi connectivity index (χ1v) is 8.16. The van der Waals surface area contributed by atoms with E-state index in [1.807, 2.05) is 60.3 Å². The number of nitrogens with zero attached hydrogens (tertiary/aromatic N) is 3. The Morgan fingerprint density at radius 2 is 1.36 bits per heavy atom. The van der Waals surface area contributed by atoms with Crippen LogP contribution in [0.1, 0.15) is 11.1 Å². The fraction of sp³-hybridized carbons (Fsp3) is 0.300. The minimum Gasteiger partial charge on any atom is -0.387 e. The monoisotopic (exact) mass is 337 g/mol. The van der Waals surface area contributed by atoms with Gasteiger partial charge in [0.2, 0.25) is 0 Å². The van der Waals surface area contributed by atoms with Crippen LogP contribution in [0.5, 0.6) is 0 Å². The van der Waals surface area contributed by atoms with Gasteiger partial charge in [0.05, 0.1) is 19.2 Å². The second kappa shape index (κ2) is 11.8. The lowest BCUT2D eigenvalue weighted by atomic mass is 10.2. The molecule has 0 radical (unpaired) electrons. The van der Waals surface area contributed by atoms with Gasteiger partial charge in [-0.15, -0.1) is 0 Å². The lowest BCUT2D eigenvalue weighted by Crippen LogP contribution is -2.29. The van der Waals surface area contributed by atoms with E-state index in [2.05, 4.69) is 30.3 Å². The molecular weight excluding hydrogens is 310 g/mol. The minimum atomic E-state index is 0.207. The molecule has 0 fully saturated rings. The lowest BCUT2D eigenvalue weighted by molar-refractivity contribution is 0.367. The standard InChI is InChI=1S/C10H15N3.C10H12N2/c1-13(8-10(11)12)7-9-5-3-2-4-6-9;1-12(8-7-11)9-10-5-3-2-4-6-10/h2-6H,7-8H2,1H3,(H3,11,12);2-6H,8-9H2,1H3. The topological polar surface area (TPSA) is 80.1 Å². The van der Waals surface area contributed by atoms with Gasteiger partial charge in [-0.05, 0) is 25.2 Å². The molecule has 2 aromatic rings. The van der Waals surface area contributed by atoms with E-state index >= 15 is 0 Å². The maximum absolute atomic E-state index is 8.42. The summed E-state index contributed by atoms with van der Waals surface area (Å²) in [5.41, 5.74) is 7.78. The number of amidine groups is 1. The smallest absolute Gasteiger partial charge is 0.105 e. The van der Waals surface area contributed by atoms with Crippen molar-refractivity contribution in [2.75, 3.05) is 27.2 Å². The summed E-state index contributed by atoms with van der Waals surface area (Å²) in [5.74, 6) is 0.207. The van der Waals surface area contributed by atoms with Crippen LogP contribution in [0.15, 0.2) is 60.7 Å². The highest BCUT2D eigenvalue weighted by Crippen LogP contribution is 2.02. The zero-order valence-corrected chi connectivity index (χ0v) is 15.0. The van der Waals surface area contributed by atoms with Crippen LogP contribution in [-0.4, -0.2) is 42.8 Å². The van der Waals surface area contributed by atoms with Gasteiger partial charge in [0.15, 0.2) is 0 Å². The quantitative estimate of drug-likeness (QED) is 0.462. The Bertz CT molecular complexity index is 649. The number of nitrogens with one attached hydrogen (secondary N) is 1. The largest absolute Gasteiger partial charge is 0.387 e. The van der Waals surface area contributed by atoms with E-state index in [0.29, 0.717) is 13.1 Å². The molecule has 0 unspecified atom stereocenters. The fourth-order valence-corrected chi connectivity index (χ4v) is 2.31. The number of hydrogen-bond donors (Lipinski definition) is 2. The van der Waals surface area contributed by atoms with E-state index in [-0.39, 0.29) is 5.84 Å². The van der Waals surface area contributed by atoms with Gasteiger partial charge in [-0.3, -0.25) is 15.2 Å². The van der Waals surface area contributed by atoms with Crippen molar-refractivity contribution in [1.82, 2.24) is 9.80 Å². The molecule has 0 bridgehead atoms. The van der Waals surface area contributed by atoms with Crippen LogP contribution in [0.3, 0.4) is 0 Å². The zero-order valence-electron chi connectivity index (χ0n) is 15.0. The molecule has 25 heavy (non-hydrogen) atoms. The van der Waals surface area contributed by atoms with Crippen molar-refractivity contribution in [2.45, 2.75) is 13.1 Å². The van der Waals surface area contributed by atoms with Gasteiger partial charge in [-0.2, -0.15) is 5.26 Å². The van der Waals surface area contributed by atoms with Crippen LogP contribution in [0, 0.1) is 16.7 Å². The molecule has 0 saturated carbocycles. The Balaban J connectivity index is 0.000000251. The second-order valence-corrected chi connectivity index (χ2v) is 6.00. The normalized spacial score (nSPS) is 10.0. The first kappa shape index (κ1) is 20.4. The number of likely N-dealkylation sites (N-methyl/N-ethyl adjacent to an activating group) is 1. The molecule has 0 spiro atoms. The van der Waals surface area contributed by atoms with Crippen molar-refractivity contribution < 1.29 is 0 Å². The summed E-state index contributed by atoms with van der Waals surface area (Å²) < 4.78 is 0. The molecule has 2 rings (SSSR count). The van der Waals surface area contributed by atoms with Gasteiger partial charge < -0.3 is 5.73 Å². The van der Waals surface area contributed by atoms with Crippen LogP contribution in [0.2, 0.25) is 0 Å². The van der Waals surface area contributed by atoms with Gasteiger partial charge in [0.25, 0.3) is 0 Å². The Hall–Kier alpha value is -2.68. The highest BCUT2D eigenvalue weighted by molar-refractivity contribution is 5.78. The van der Waals surface area contributed by atoms with Gasteiger partial charge >= 0.3 is 0 Å². The summed E-state index contributed by atoms with van der Waals surface area (Å²) in [6.45, 7) is 2.68. The third-order valence-corrected chi connectivity index (χ3v) is 3.37. The van der Waals surface area contributed by atoms with Crippen molar-refractivity contribution in [3.05, 3.63) is 71.8 Å². The molecule has 0 aromatic heterocycles. The van der Waals surface area contributed by atoms with Crippen molar-refractivity contribution >= 4 is 5.84 Å². The number of rotatable bonds is 7. The van der Waals surface area contributed by atoms with Gasteiger partial charge in [0.1, 0.15) is 5.84 Å². The highest BCUT2D eigenvalue weighted by atomic mass is 15.1. The molecule has 0 heterocycles. The second-order valence-electron chi connectivity index (χ2n) is 6.00. The van der Waals surface area contributed by atoms with Crippen LogP contribution >= 0.6 is 0 Å². The van der Waals surface area contributed by atoms with Crippen molar-refractivity contribution in [3.8, 4) is 6.07 Å². The highest BCUT2D eigenvalue weighted by Gasteiger charge is 2.00. The Kier molecular flexibility index (Phi) is 9.61. The predicted molar refractivity (Wildman–Crippen MR) is 103 cm³/mol. The Morgan fingerprint density at radius 3 is 1.76 bits per heavy atom. The summed E-state index contributed by atoms with van der Waals surface area (Å²) in [4.78, 5) is 3.99. The molecule has 2 aromatic carbocycles. The SMILES string of the molecule is CN(CC#N)Cc1ccccc1.CN(CC(=N)N)Cc1ccccc1. The van der Waals surface area contributed by atoms with Crippen LogP contribution in [-0.2, 0) is 13.1 Å². The van der Waals surface area contributed by atoms with Crippen molar-refractivity contribution in [2.24, 2.45) is 5.73 Å². The zero-order chi connectivity index (χ0) is 18.5. The average Bonchev–Trinajstić information content (AvgIpc) is 2.56. The van der Waals surface area contributed by atoms with Crippen molar-refractivity contribution in [3.63, 3.8) is 0 Å². The van der Waals surface area contributed by atoms with E-state index < -0.39 is 0 Å². The van der Waals surface area contributed by atoms with E-state index in [9.17, 15) is 0 Å². The molecular formula is C20H27N5. The summed E-state index contributed by atoms with van der Waals surface area (Å²) in [5, 5.41) is 15.5. The summed E-state index contributed by atoms with van der Waals surface area (Å²) >= 11 is 0. The molecule has 0 aliphatic carbocycles. The maximum Gasteiger partial charge on any atom is 0.105 e. The molecule has 0 amide bonds. The van der Waals surface area contributed by atoms with E-state index in [1.165, 1.54) is 11.1 Å². The molecule has 0 aliphatic rings. The van der Waals surface area contributed by atoms with Gasteiger partial charge in [0, 0.05) is 13.1 Å². The number of nitrogens with two attached hydrogens (primary N) is 1. The molecule has 5 nitrogen and oxygen atoms in total. The molecule has 0 saturated heterocycles.